The van der Waals surface area contributed by atoms with Crippen LogP contribution in [-0.2, 0) is 17.8 Å². The molecule has 0 aliphatic heterocycles. The maximum atomic E-state index is 11.4. The average Bonchev–Trinajstić information content (AvgIpc) is 2.83. The van der Waals surface area contributed by atoms with Crippen molar-refractivity contribution in [3.63, 3.8) is 0 Å². The van der Waals surface area contributed by atoms with Gasteiger partial charge in [-0.2, -0.15) is 0 Å². The van der Waals surface area contributed by atoms with Crippen LogP contribution in [0.4, 0.5) is 4.79 Å². The number of aliphatic hydroxyl groups excluding tert-OH is 1. The van der Waals surface area contributed by atoms with Crippen LogP contribution in [0.3, 0.4) is 0 Å². The van der Waals surface area contributed by atoms with Crippen molar-refractivity contribution in [1.29, 1.82) is 0 Å². The van der Waals surface area contributed by atoms with E-state index in [1.807, 2.05) is 11.4 Å². The first-order valence-corrected chi connectivity index (χ1v) is 6.90. The van der Waals surface area contributed by atoms with Gasteiger partial charge >= 0.3 is 12.0 Å². The Morgan fingerprint density at radius 3 is 2.79 bits per heavy atom. The van der Waals surface area contributed by atoms with Crippen LogP contribution >= 0.6 is 11.3 Å². The number of aryl methyl sites for hydroxylation is 1. The number of carbonyl (C=O) groups is 2. The monoisotopic (exact) mass is 286 g/mol. The number of nitrogens with one attached hydrogen (secondary N) is 2. The largest absolute Gasteiger partial charge is 0.479 e. The second-order valence-electron chi connectivity index (χ2n) is 3.97. The Morgan fingerprint density at radius 2 is 2.16 bits per heavy atom. The maximum Gasteiger partial charge on any atom is 0.332 e. The summed E-state index contributed by atoms with van der Waals surface area (Å²) in [6, 6.07) is 1.66. The molecule has 1 atom stereocenters. The lowest BCUT2D eigenvalue weighted by Crippen LogP contribution is -2.37. The molecule has 6 nitrogen and oxygen atoms in total. The summed E-state index contributed by atoms with van der Waals surface area (Å²) >= 11 is 1.59. The summed E-state index contributed by atoms with van der Waals surface area (Å²) in [5, 5.41) is 24.7. The van der Waals surface area contributed by atoms with Crippen LogP contribution in [-0.4, -0.2) is 34.9 Å². The van der Waals surface area contributed by atoms with E-state index in [1.165, 1.54) is 5.56 Å². The standard InChI is InChI=1S/C12H18N2O4S/c1-2-8-4-6-19-10(8)7-14-12(18)13-5-3-9(15)11(16)17/h4,6,9,15H,2-3,5,7H2,1H3,(H,16,17)(H2,13,14,18)/t9-/m0/s1. The van der Waals surface area contributed by atoms with Gasteiger partial charge in [0.05, 0.1) is 6.54 Å². The molecule has 1 heterocycles. The van der Waals surface area contributed by atoms with Crippen LogP contribution in [0.25, 0.3) is 0 Å². The van der Waals surface area contributed by atoms with Crippen LogP contribution in [0.5, 0.6) is 0 Å². The Balaban J connectivity index is 2.23. The highest BCUT2D eigenvalue weighted by Gasteiger charge is 2.12. The minimum absolute atomic E-state index is 0.0119. The van der Waals surface area contributed by atoms with Gasteiger partial charge in [0.1, 0.15) is 0 Å². The second kappa shape index (κ2) is 7.75. The van der Waals surface area contributed by atoms with Crippen LogP contribution in [0.2, 0.25) is 0 Å². The third-order valence-electron chi connectivity index (χ3n) is 2.62. The molecule has 0 saturated carbocycles. The first-order chi connectivity index (χ1) is 9.04. The molecular weight excluding hydrogens is 268 g/mol. The molecule has 0 saturated heterocycles. The molecule has 0 bridgehead atoms. The van der Waals surface area contributed by atoms with Gasteiger partial charge < -0.3 is 20.8 Å². The van der Waals surface area contributed by atoms with Crippen molar-refractivity contribution in [2.75, 3.05) is 6.54 Å². The van der Waals surface area contributed by atoms with Crippen LogP contribution in [0.15, 0.2) is 11.4 Å². The van der Waals surface area contributed by atoms with Crippen molar-refractivity contribution < 1.29 is 19.8 Å². The number of hydrogen-bond acceptors (Lipinski definition) is 4. The Labute approximate surface area is 115 Å². The van der Waals surface area contributed by atoms with Crippen molar-refractivity contribution >= 4 is 23.3 Å². The number of carboxylic acids is 1. The lowest BCUT2D eigenvalue weighted by molar-refractivity contribution is -0.146. The summed E-state index contributed by atoms with van der Waals surface area (Å²) in [6.07, 6.45) is -0.529. The normalized spacial score (nSPS) is 11.9. The molecule has 0 spiro atoms. The number of carbonyl (C=O) groups excluding carboxylic acids is 1. The van der Waals surface area contributed by atoms with Crippen LogP contribution in [0, 0.1) is 0 Å². The third kappa shape index (κ3) is 5.27. The Bertz CT molecular complexity index is 433. The average molecular weight is 286 g/mol. The zero-order valence-corrected chi connectivity index (χ0v) is 11.5. The van der Waals surface area contributed by atoms with Crippen molar-refractivity contribution in [1.82, 2.24) is 10.6 Å². The number of urea groups is 1. The molecular formula is C12H18N2O4S. The van der Waals surface area contributed by atoms with Gasteiger partial charge in [0, 0.05) is 17.8 Å². The fourth-order valence-electron chi connectivity index (χ4n) is 1.51. The van der Waals surface area contributed by atoms with E-state index in [9.17, 15) is 9.59 Å². The number of thiophene rings is 1. The summed E-state index contributed by atoms with van der Waals surface area (Å²) in [5.41, 5.74) is 1.21. The zero-order chi connectivity index (χ0) is 14.3. The number of hydrogen-bond donors (Lipinski definition) is 4. The minimum atomic E-state index is -1.44. The van der Waals surface area contributed by atoms with Gasteiger partial charge in [-0.15, -0.1) is 11.3 Å². The number of rotatable bonds is 7. The van der Waals surface area contributed by atoms with Gasteiger partial charge in [-0.05, 0) is 23.4 Å². The molecule has 0 radical (unpaired) electrons. The van der Waals surface area contributed by atoms with E-state index in [0.717, 1.165) is 11.3 Å². The number of carboxylic acid groups (broad SMARTS) is 1. The Hall–Kier alpha value is -1.60. The fourth-order valence-corrected chi connectivity index (χ4v) is 2.42. The summed E-state index contributed by atoms with van der Waals surface area (Å²) in [5.74, 6) is -1.28. The smallest absolute Gasteiger partial charge is 0.332 e. The van der Waals surface area contributed by atoms with Gasteiger partial charge in [0.25, 0.3) is 0 Å². The molecule has 1 aromatic heterocycles. The van der Waals surface area contributed by atoms with E-state index in [-0.39, 0.29) is 19.0 Å². The van der Waals surface area contributed by atoms with Crippen molar-refractivity contribution in [2.24, 2.45) is 0 Å². The lowest BCUT2D eigenvalue weighted by atomic mass is 10.2. The quantitative estimate of drug-likeness (QED) is 0.599. The fraction of sp³-hybridized carbons (Fsp3) is 0.500. The van der Waals surface area contributed by atoms with E-state index < -0.39 is 12.1 Å². The van der Waals surface area contributed by atoms with Gasteiger partial charge in [-0.1, -0.05) is 6.92 Å². The summed E-state index contributed by atoms with van der Waals surface area (Å²) in [7, 11) is 0. The van der Waals surface area contributed by atoms with Gasteiger partial charge in [-0.3, -0.25) is 0 Å². The molecule has 7 heteroatoms. The van der Waals surface area contributed by atoms with Crippen molar-refractivity contribution in [3.8, 4) is 0 Å². The van der Waals surface area contributed by atoms with Crippen molar-refractivity contribution in [2.45, 2.75) is 32.4 Å². The highest BCUT2D eigenvalue weighted by Crippen LogP contribution is 2.16. The highest BCUT2D eigenvalue weighted by molar-refractivity contribution is 7.10. The molecule has 0 aliphatic rings. The van der Waals surface area contributed by atoms with Gasteiger partial charge in [0.2, 0.25) is 0 Å². The predicted molar refractivity (Wildman–Crippen MR) is 72.2 cm³/mol. The zero-order valence-electron chi connectivity index (χ0n) is 10.7. The predicted octanol–water partition coefficient (Wildman–Crippen LogP) is 0.945. The Morgan fingerprint density at radius 1 is 1.42 bits per heavy atom. The summed E-state index contributed by atoms with van der Waals surface area (Å²) in [4.78, 5) is 22.9. The molecule has 0 unspecified atom stereocenters. The highest BCUT2D eigenvalue weighted by atomic mass is 32.1. The number of amides is 2. The van der Waals surface area contributed by atoms with Crippen molar-refractivity contribution in [3.05, 3.63) is 21.9 Å². The molecule has 2 amide bonds. The first kappa shape index (κ1) is 15.5. The minimum Gasteiger partial charge on any atom is -0.479 e. The SMILES string of the molecule is CCc1ccsc1CNC(=O)NCC[C@H](O)C(=O)O. The van der Waals surface area contributed by atoms with E-state index in [2.05, 4.69) is 17.6 Å². The summed E-state index contributed by atoms with van der Waals surface area (Å²) < 4.78 is 0. The van der Waals surface area contributed by atoms with E-state index in [4.69, 9.17) is 10.2 Å². The molecule has 106 valence electrons. The van der Waals surface area contributed by atoms with Gasteiger partial charge in [-0.25, -0.2) is 9.59 Å². The van der Waals surface area contributed by atoms with Gasteiger partial charge in [0.15, 0.2) is 6.10 Å². The summed E-state index contributed by atoms with van der Waals surface area (Å²) in [6.45, 7) is 2.62. The van der Waals surface area contributed by atoms with Crippen LogP contribution < -0.4 is 10.6 Å². The number of aliphatic hydroxyl groups is 1. The van der Waals surface area contributed by atoms with E-state index in [0.29, 0.717) is 6.54 Å². The maximum absolute atomic E-state index is 11.4. The lowest BCUT2D eigenvalue weighted by Gasteiger charge is -2.09. The molecule has 0 fully saturated rings. The third-order valence-corrected chi connectivity index (χ3v) is 3.58. The second-order valence-corrected chi connectivity index (χ2v) is 4.98. The first-order valence-electron chi connectivity index (χ1n) is 6.02. The van der Waals surface area contributed by atoms with E-state index >= 15 is 0 Å². The molecule has 19 heavy (non-hydrogen) atoms. The molecule has 4 N–H and O–H groups in total. The number of aliphatic carboxylic acids is 1. The molecule has 1 rings (SSSR count). The molecule has 0 aliphatic carbocycles. The topological polar surface area (TPSA) is 98.7 Å². The van der Waals surface area contributed by atoms with E-state index in [1.54, 1.807) is 11.3 Å². The Kier molecular flexibility index (Phi) is 6.31. The molecule has 0 aromatic carbocycles. The van der Waals surface area contributed by atoms with Crippen LogP contribution in [0.1, 0.15) is 23.8 Å². The molecule has 1 aromatic rings.